The normalized spacial score (nSPS) is 21.2. The molecule has 2 atom stereocenters. The van der Waals surface area contributed by atoms with Crippen LogP contribution in [0.2, 0.25) is 0 Å². The van der Waals surface area contributed by atoms with Gasteiger partial charge in [0.1, 0.15) is 5.75 Å². The lowest BCUT2D eigenvalue weighted by Crippen LogP contribution is -2.24. The lowest BCUT2D eigenvalue weighted by Gasteiger charge is -2.22. The van der Waals surface area contributed by atoms with E-state index in [9.17, 15) is 4.79 Å². The number of ether oxygens (including phenoxy) is 2. The molecule has 2 unspecified atom stereocenters. The Morgan fingerprint density at radius 2 is 1.85 bits per heavy atom. The molecule has 4 rings (SSSR count). The second-order valence-corrected chi connectivity index (χ2v) is 9.91. The van der Waals surface area contributed by atoms with Gasteiger partial charge in [-0.15, -0.1) is 0 Å². The van der Waals surface area contributed by atoms with Crippen LogP contribution in [0.3, 0.4) is 0 Å². The van der Waals surface area contributed by atoms with Gasteiger partial charge in [0.05, 0.1) is 19.3 Å². The maximum absolute atomic E-state index is 12.8. The van der Waals surface area contributed by atoms with E-state index in [2.05, 4.69) is 43.4 Å². The number of benzene rings is 2. The minimum absolute atomic E-state index is 0.142. The third-order valence-electron chi connectivity index (χ3n) is 7.34. The molecule has 2 aromatic rings. The van der Waals surface area contributed by atoms with Crippen molar-refractivity contribution in [1.82, 2.24) is 0 Å². The number of hydrogen-bond acceptors (Lipinski definition) is 3. The summed E-state index contributed by atoms with van der Waals surface area (Å²) in [5.41, 5.74) is 5.42. The smallest absolute Gasteiger partial charge is 0.227 e. The monoisotopic (exact) mass is 449 g/mol. The van der Waals surface area contributed by atoms with Gasteiger partial charge in [0.2, 0.25) is 5.91 Å². The highest BCUT2D eigenvalue weighted by molar-refractivity contribution is 5.93. The maximum Gasteiger partial charge on any atom is 0.227 e. The molecular formula is C29H39NO3. The SMILES string of the molecule is CCOc1cccc(-c2ccc(NC(=O)C3CCCCC3)cc2COC2CCC(C)C2)c1C. The second-order valence-electron chi connectivity index (χ2n) is 9.91. The fraction of sp³-hybridized carbons (Fsp3) is 0.552. The summed E-state index contributed by atoms with van der Waals surface area (Å²) in [4.78, 5) is 12.8. The molecule has 0 spiro atoms. The van der Waals surface area contributed by atoms with E-state index >= 15 is 0 Å². The molecule has 178 valence electrons. The number of amides is 1. The molecule has 1 N–H and O–H groups in total. The number of carbonyl (C=O) groups is 1. The van der Waals surface area contributed by atoms with Crippen LogP contribution < -0.4 is 10.1 Å². The summed E-state index contributed by atoms with van der Waals surface area (Å²) in [5, 5.41) is 3.19. The molecule has 4 nitrogen and oxygen atoms in total. The summed E-state index contributed by atoms with van der Waals surface area (Å²) in [6.07, 6.45) is 9.40. The Morgan fingerprint density at radius 1 is 1.03 bits per heavy atom. The Balaban J connectivity index is 1.59. The topological polar surface area (TPSA) is 47.6 Å². The first-order chi connectivity index (χ1) is 16.0. The fourth-order valence-corrected chi connectivity index (χ4v) is 5.39. The molecule has 2 aromatic carbocycles. The van der Waals surface area contributed by atoms with E-state index in [-0.39, 0.29) is 11.8 Å². The molecular weight excluding hydrogens is 410 g/mol. The molecule has 4 heteroatoms. The van der Waals surface area contributed by atoms with Gasteiger partial charge in [0.25, 0.3) is 0 Å². The molecule has 0 heterocycles. The van der Waals surface area contributed by atoms with Crippen LogP contribution in [-0.2, 0) is 16.1 Å². The quantitative estimate of drug-likeness (QED) is 0.460. The van der Waals surface area contributed by atoms with Gasteiger partial charge in [0, 0.05) is 11.6 Å². The van der Waals surface area contributed by atoms with Crippen LogP contribution >= 0.6 is 0 Å². The molecule has 1 amide bonds. The van der Waals surface area contributed by atoms with Crippen molar-refractivity contribution in [3.63, 3.8) is 0 Å². The molecule has 0 bridgehead atoms. The summed E-state index contributed by atoms with van der Waals surface area (Å²) in [7, 11) is 0. The predicted octanol–water partition coefficient (Wildman–Crippen LogP) is 7.28. The minimum Gasteiger partial charge on any atom is -0.494 e. The number of rotatable bonds is 8. The zero-order chi connectivity index (χ0) is 23.2. The average Bonchev–Trinajstić information content (AvgIpc) is 3.25. The number of anilines is 1. The van der Waals surface area contributed by atoms with Crippen molar-refractivity contribution in [3.05, 3.63) is 47.5 Å². The summed E-state index contributed by atoms with van der Waals surface area (Å²) >= 11 is 0. The molecule has 2 saturated carbocycles. The van der Waals surface area contributed by atoms with Gasteiger partial charge in [0.15, 0.2) is 0 Å². The first kappa shape index (κ1) is 23.8. The van der Waals surface area contributed by atoms with E-state index in [1.165, 1.54) is 12.8 Å². The van der Waals surface area contributed by atoms with Gasteiger partial charge in [-0.2, -0.15) is 0 Å². The average molecular weight is 450 g/mol. The van der Waals surface area contributed by atoms with Gasteiger partial charge >= 0.3 is 0 Å². The zero-order valence-electron chi connectivity index (χ0n) is 20.5. The van der Waals surface area contributed by atoms with Gasteiger partial charge in [-0.1, -0.05) is 44.4 Å². The van der Waals surface area contributed by atoms with Gasteiger partial charge < -0.3 is 14.8 Å². The Morgan fingerprint density at radius 3 is 2.58 bits per heavy atom. The summed E-state index contributed by atoms with van der Waals surface area (Å²) in [5.74, 6) is 1.96. The predicted molar refractivity (Wildman–Crippen MR) is 135 cm³/mol. The van der Waals surface area contributed by atoms with Crippen molar-refractivity contribution in [2.45, 2.75) is 84.8 Å². The maximum atomic E-state index is 12.8. The first-order valence-electron chi connectivity index (χ1n) is 12.8. The Bertz CT molecular complexity index is 948. The van der Waals surface area contributed by atoms with Crippen LogP contribution in [0.25, 0.3) is 11.1 Å². The van der Waals surface area contributed by atoms with Gasteiger partial charge in [-0.25, -0.2) is 0 Å². The largest absolute Gasteiger partial charge is 0.494 e. The summed E-state index contributed by atoms with van der Waals surface area (Å²) in [6, 6.07) is 12.5. The van der Waals surface area contributed by atoms with Crippen molar-refractivity contribution in [2.75, 3.05) is 11.9 Å². The standard InChI is InChI=1S/C29H39NO3/c1-4-32-28-12-8-11-26(21(28)3)27-16-14-24(30-29(31)22-9-6-5-7-10-22)18-23(27)19-33-25-15-13-20(2)17-25/h8,11-12,14,16,18,20,22,25H,4-7,9-10,13,15,17,19H2,1-3H3,(H,30,31). The number of nitrogens with one attached hydrogen (secondary N) is 1. The molecule has 0 radical (unpaired) electrons. The van der Waals surface area contributed by atoms with Gasteiger partial charge in [-0.3, -0.25) is 4.79 Å². The van der Waals surface area contributed by atoms with E-state index in [1.54, 1.807) is 0 Å². The van der Waals surface area contributed by atoms with Crippen molar-refractivity contribution in [1.29, 1.82) is 0 Å². The van der Waals surface area contributed by atoms with E-state index in [1.807, 2.05) is 19.1 Å². The van der Waals surface area contributed by atoms with Crippen LogP contribution in [0.1, 0.15) is 76.3 Å². The van der Waals surface area contributed by atoms with Crippen LogP contribution in [0.4, 0.5) is 5.69 Å². The molecule has 2 aliphatic carbocycles. The first-order valence-corrected chi connectivity index (χ1v) is 12.8. The molecule has 2 fully saturated rings. The molecule has 0 saturated heterocycles. The third-order valence-corrected chi connectivity index (χ3v) is 7.34. The minimum atomic E-state index is 0.142. The highest BCUT2D eigenvalue weighted by Gasteiger charge is 2.24. The van der Waals surface area contributed by atoms with Crippen LogP contribution in [-0.4, -0.2) is 18.6 Å². The number of carbonyl (C=O) groups excluding carboxylic acids is 1. The Labute approximate surface area is 199 Å². The van der Waals surface area contributed by atoms with Gasteiger partial charge in [-0.05, 0) is 92.3 Å². The van der Waals surface area contributed by atoms with Crippen LogP contribution in [0.5, 0.6) is 5.75 Å². The molecule has 33 heavy (non-hydrogen) atoms. The highest BCUT2D eigenvalue weighted by Crippen LogP contribution is 2.35. The van der Waals surface area contributed by atoms with E-state index in [0.717, 1.165) is 78.1 Å². The Hall–Kier alpha value is -2.33. The molecule has 2 aliphatic rings. The fourth-order valence-electron chi connectivity index (χ4n) is 5.39. The van der Waals surface area contributed by atoms with Crippen LogP contribution in [0, 0.1) is 18.8 Å². The van der Waals surface area contributed by atoms with E-state index in [0.29, 0.717) is 19.3 Å². The van der Waals surface area contributed by atoms with E-state index in [4.69, 9.17) is 9.47 Å². The highest BCUT2D eigenvalue weighted by atomic mass is 16.5. The molecule has 0 aliphatic heterocycles. The summed E-state index contributed by atoms with van der Waals surface area (Å²) in [6.45, 7) is 7.63. The van der Waals surface area contributed by atoms with Crippen LogP contribution in [0.15, 0.2) is 36.4 Å². The summed E-state index contributed by atoms with van der Waals surface area (Å²) < 4.78 is 12.2. The van der Waals surface area contributed by atoms with Crippen molar-refractivity contribution >= 4 is 11.6 Å². The van der Waals surface area contributed by atoms with Crippen molar-refractivity contribution in [2.24, 2.45) is 11.8 Å². The zero-order valence-corrected chi connectivity index (χ0v) is 20.5. The second kappa shape index (κ2) is 11.2. The lowest BCUT2D eigenvalue weighted by atomic mass is 9.88. The van der Waals surface area contributed by atoms with Crippen molar-refractivity contribution < 1.29 is 14.3 Å². The Kier molecular flexibility index (Phi) is 8.08. The van der Waals surface area contributed by atoms with Crippen molar-refractivity contribution in [3.8, 4) is 16.9 Å². The third kappa shape index (κ3) is 5.97. The number of hydrogen-bond donors (Lipinski definition) is 1. The van der Waals surface area contributed by atoms with E-state index < -0.39 is 0 Å². The lowest BCUT2D eigenvalue weighted by molar-refractivity contribution is -0.120. The molecule has 0 aromatic heterocycles.